The number of carbonyl (C=O) groups excluding carboxylic acids is 2. The van der Waals surface area contributed by atoms with Gasteiger partial charge >= 0.3 is 0 Å². The molecule has 1 aliphatic heterocycles. The van der Waals surface area contributed by atoms with Gasteiger partial charge in [0.25, 0.3) is 0 Å². The van der Waals surface area contributed by atoms with E-state index < -0.39 is 0 Å². The molecule has 0 aromatic rings. The number of hydrogen-bond donors (Lipinski definition) is 2. The van der Waals surface area contributed by atoms with Crippen molar-refractivity contribution in [1.82, 2.24) is 10.2 Å². The molecular formula is C9H16N2O2S. The fraction of sp³-hybridized carbons (Fsp3) is 0.778. The smallest absolute Gasteiger partial charge is 0.232 e. The van der Waals surface area contributed by atoms with Crippen molar-refractivity contribution in [1.29, 1.82) is 0 Å². The molecule has 1 atom stereocenters. The second-order valence-electron chi connectivity index (χ2n) is 3.45. The summed E-state index contributed by atoms with van der Waals surface area (Å²) in [5, 5.41) is 2.62. The summed E-state index contributed by atoms with van der Waals surface area (Å²) >= 11 is 3.94. The van der Waals surface area contributed by atoms with Crippen LogP contribution in [-0.2, 0) is 9.59 Å². The standard InChI is InChI=1S/C9H16N2O2S/c1-10-9(13)7-3-2-4-11(5-7)8(12)6-14/h7,14H,2-6H2,1H3,(H,10,13). The number of nitrogens with one attached hydrogen (secondary N) is 1. The van der Waals surface area contributed by atoms with Gasteiger partial charge in [0.2, 0.25) is 11.8 Å². The summed E-state index contributed by atoms with van der Waals surface area (Å²) in [5.41, 5.74) is 0. The molecule has 0 saturated carbocycles. The average Bonchev–Trinajstić information content (AvgIpc) is 2.27. The zero-order valence-corrected chi connectivity index (χ0v) is 9.22. The molecule has 1 N–H and O–H groups in total. The van der Waals surface area contributed by atoms with Crippen molar-refractivity contribution >= 4 is 24.4 Å². The minimum absolute atomic E-state index is 0.0157. The number of rotatable bonds is 2. The zero-order chi connectivity index (χ0) is 10.6. The number of nitrogens with zero attached hydrogens (tertiary/aromatic N) is 1. The lowest BCUT2D eigenvalue weighted by atomic mass is 9.97. The lowest BCUT2D eigenvalue weighted by molar-refractivity contribution is -0.133. The zero-order valence-electron chi connectivity index (χ0n) is 8.32. The Kier molecular flexibility index (Phi) is 4.25. The first-order valence-electron chi connectivity index (χ1n) is 4.79. The fourth-order valence-corrected chi connectivity index (χ4v) is 1.92. The van der Waals surface area contributed by atoms with Crippen molar-refractivity contribution in [2.75, 3.05) is 25.9 Å². The van der Waals surface area contributed by atoms with E-state index in [9.17, 15) is 9.59 Å². The normalized spacial score (nSPS) is 21.9. The SMILES string of the molecule is CNC(=O)C1CCCN(C(=O)CS)C1. The monoisotopic (exact) mass is 216 g/mol. The maximum Gasteiger partial charge on any atom is 0.232 e. The summed E-state index contributed by atoms with van der Waals surface area (Å²) in [6, 6.07) is 0. The van der Waals surface area contributed by atoms with Gasteiger partial charge in [0.1, 0.15) is 0 Å². The molecule has 1 heterocycles. The molecule has 0 aromatic carbocycles. The lowest BCUT2D eigenvalue weighted by Crippen LogP contribution is -2.45. The summed E-state index contributed by atoms with van der Waals surface area (Å²) in [5.74, 6) is 0.224. The van der Waals surface area contributed by atoms with Gasteiger partial charge in [-0.15, -0.1) is 0 Å². The van der Waals surface area contributed by atoms with Gasteiger partial charge in [-0.1, -0.05) is 0 Å². The number of hydrogen-bond acceptors (Lipinski definition) is 3. The van der Waals surface area contributed by atoms with Gasteiger partial charge in [0.15, 0.2) is 0 Å². The Morgan fingerprint density at radius 2 is 2.29 bits per heavy atom. The van der Waals surface area contributed by atoms with E-state index in [2.05, 4.69) is 17.9 Å². The Bertz CT molecular complexity index is 211. The predicted molar refractivity (Wildman–Crippen MR) is 57.2 cm³/mol. The highest BCUT2D eigenvalue weighted by Gasteiger charge is 2.26. The van der Waals surface area contributed by atoms with E-state index in [0.717, 1.165) is 19.4 Å². The van der Waals surface area contributed by atoms with Gasteiger partial charge in [0, 0.05) is 20.1 Å². The average molecular weight is 216 g/mol. The Balaban J connectivity index is 2.51. The molecule has 2 amide bonds. The van der Waals surface area contributed by atoms with Crippen molar-refractivity contribution in [3.63, 3.8) is 0 Å². The van der Waals surface area contributed by atoms with Crippen molar-refractivity contribution in [3.8, 4) is 0 Å². The van der Waals surface area contributed by atoms with Crippen LogP contribution in [0, 0.1) is 5.92 Å². The number of piperidine rings is 1. The first kappa shape index (κ1) is 11.4. The van der Waals surface area contributed by atoms with Gasteiger partial charge in [-0.3, -0.25) is 9.59 Å². The van der Waals surface area contributed by atoms with Crippen LogP contribution in [0.3, 0.4) is 0 Å². The van der Waals surface area contributed by atoms with Crippen LogP contribution in [0.5, 0.6) is 0 Å². The first-order chi connectivity index (χ1) is 6.69. The number of amides is 2. The molecule has 1 saturated heterocycles. The summed E-state index contributed by atoms with van der Waals surface area (Å²) in [7, 11) is 1.63. The molecule has 1 fully saturated rings. The lowest BCUT2D eigenvalue weighted by Gasteiger charge is -2.31. The summed E-state index contributed by atoms with van der Waals surface area (Å²) in [6.07, 6.45) is 1.77. The molecule has 0 aliphatic carbocycles. The molecule has 5 heteroatoms. The van der Waals surface area contributed by atoms with Crippen LogP contribution in [0.1, 0.15) is 12.8 Å². The van der Waals surface area contributed by atoms with Gasteiger partial charge in [-0.25, -0.2) is 0 Å². The van der Waals surface area contributed by atoms with Crippen LogP contribution in [0.15, 0.2) is 0 Å². The molecule has 0 bridgehead atoms. The van der Waals surface area contributed by atoms with Gasteiger partial charge in [0.05, 0.1) is 11.7 Å². The molecule has 0 spiro atoms. The highest BCUT2D eigenvalue weighted by molar-refractivity contribution is 7.81. The molecule has 14 heavy (non-hydrogen) atoms. The van der Waals surface area contributed by atoms with Gasteiger partial charge in [-0.05, 0) is 12.8 Å². The Morgan fingerprint density at radius 1 is 1.57 bits per heavy atom. The topological polar surface area (TPSA) is 49.4 Å². The summed E-state index contributed by atoms with van der Waals surface area (Å²) in [6.45, 7) is 1.30. The highest BCUT2D eigenvalue weighted by Crippen LogP contribution is 2.16. The van der Waals surface area contributed by atoms with Crippen LogP contribution < -0.4 is 5.32 Å². The quantitative estimate of drug-likeness (QED) is 0.633. The number of thiol groups is 1. The minimum atomic E-state index is -0.0439. The van der Waals surface area contributed by atoms with E-state index >= 15 is 0 Å². The molecular weight excluding hydrogens is 200 g/mol. The van der Waals surface area contributed by atoms with Crippen LogP contribution in [0.25, 0.3) is 0 Å². The largest absolute Gasteiger partial charge is 0.359 e. The second kappa shape index (κ2) is 5.24. The predicted octanol–water partition coefficient (Wildman–Crippen LogP) is -0.0992. The van der Waals surface area contributed by atoms with Crippen molar-refractivity contribution in [2.24, 2.45) is 5.92 Å². The Hall–Kier alpha value is -0.710. The fourth-order valence-electron chi connectivity index (χ4n) is 1.72. The Labute approximate surface area is 89.4 Å². The van der Waals surface area contributed by atoms with E-state index in [0.29, 0.717) is 6.54 Å². The molecule has 0 aromatic heterocycles. The van der Waals surface area contributed by atoms with E-state index in [-0.39, 0.29) is 23.5 Å². The van der Waals surface area contributed by atoms with Crippen LogP contribution >= 0.6 is 12.6 Å². The van der Waals surface area contributed by atoms with Gasteiger partial charge < -0.3 is 10.2 Å². The molecule has 1 rings (SSSR count). The third kappa shape index (κ3) is 2.64. The summed E-state index contributed by atoms with van der Waals surface area (Å²) in [4.78, 5) is 24.4. The van der Waals surface area contributed by atoms with Crippen LogP contribution in [0.2, 0.25) is 0 Å². The van der Waals surface area contributed by atoms with Gasteiger partial charge in [-0.2, -0.15) is 12.6 Å². The number of carbonyl (C=O) groups is 2. The molecule has 4 nitrogen and oxygen atoms in total. The third-order valence-electron chi connectivity index (χ3n) is 2.53. The van der Waals surface area contributed by atoms with Crippen molar-refractivity contribution in [3.05, 3.63) is 0 Å². The first-order valence-corrected chi connectivity index (χ1v) is 5.42. The molecule has 1 aliphatic rings. The molecule has 0 radical (unpaired) electrons. The third-order valence-corrected chi connectivity index (χ3v) is 2.80. The summed E-state index contributed by atoms with van der Waals surface area (Å²) < 4.78 is 0. The number of likely N-dealkylation sites (tertiary alicyclic amines) is 1. The van der Waals surface area contributed by atoms with Crippen molar-refractivity contribution < 1.29 is 9.59 Å². The van der Waals surface area contributed by atoms with E-state index in [1.807, 2.05) is 0 Å². The second-order valence-corrected chi connectivity index (χ2v) is 3.77. The van der Waals surface area contributed by atoms with Crippen LogP contribution in [0.4, 0.5) is 0 Å². The van der Waals surface area contributed by atoms with Crippen LogP contribution in [-0.4, -0.2) is 42.6 Å². The van der Waals surface area contributed by atoms with Crippen molar-refractivity contribution in [2.45, 2.75) is 12.8 Å². The minimum Gasteiger partial charge on any atom is -0.359 e. The Morgan fingerprint density at radius 3 is 2.86 bits per heavy atom. The van der Waals surface area contributed by atoms with E-state index in [1.54, 1.807) is 11.9 Å². The maximum atomic E-state index is 11.4. The molecule has 80 valence electrons. The van der Waals surface area contributed by atoms with E-state index in [1.165, 1.54) is 0 Å². The molecule has 1 unspecified atom stereocenters. The van der Waals surface area contributed by atoms with E-state index in [4.69, 9.17) is 0 Å². The highest BCUT2D eigenvalue weighted by atomic mass is 32.1. The maximum absolute atomic E-state index is 11.4.